The number of halogens is 1. The van der Waals surface area contributed by atoms with Gasteiger partial charge >= 0.3 is 0 Å². The van der Waals surface area contributed by atoms with Crippen molar-refractivity contribution in [1.29, 1.82) is 0 Å². The third-order valence-corrected chi connectivity index (χ3v) is 6.13. The number of nitrogens with zero attached hydrogens (tertiary/aromatic N) is 2. The number of amides is 1. The molecule has 1 aliphatic carbocycles. The zero-order valence-electron chi connectivity index (χ0n) is 17.0. The van der Waals surface area contributed by atoms with Crippen molar-refractivity contribution in [2.24, 2.45) is 5.92 Å². The maximum atomic E-state index is 12.5. The lowest BCUT2D eigenvalue weighted by molar-refractivity contribution is -0.131. The predicted octanol–water partition coefficient (Wildman–Crippen LogP) is 4.31. The summed E-state index contributed by atoms with van der Waals surface area (Å²) in [6.45, 7) is 3.54. The molecule has 1 saturated carbocycles. The molecule has 2 atom stereocenters. The Morgan fingerprint density at radius 1 is 1.43 bits per heavy atom. The first-order valence-corrected chi connectivity index (χ1v) is 10.9. The van der Waals surface area contributed by atoms with Crippen LogP contribution in [0.3, 0.4) is 0 Å². The number of hydrogen-bond acceptors (Lipinski definition) is 4. The van der Waals surface area contributed by atoms with Gasteiger partial charge in [-0.1, -0.05) is 36.6 Å². The van der Waals surface area contributed by atoms with Crippen molar-refractivity contribution in [3.63, 3.8) is 0 Å². The fourth-order valence-electron chi connectivity index (χ4n) is 3.96. The van der Waals surface area contributed by atoms with Crippen molar-refractivity contribution >= 4 is 23.6 Å². The number of nitrogens with one attached hydrogen (secondary N) is 1. The van der Waals surface area contributed by atoms with Crippen molar-refractivity contribution in [2.75, 3.05) is 20.1 Å². The number of pyridine rings is 1. The van der Waals surface area contributed by atoms with Gasteiger partial charge in [-0.3, -0.25) is 4.79 Å². The molecule has 1 amide bonds. The second kappa shape index (κ2) is 10.3. The maximum Gasteiger partial charge on any atom is 0.222 e. The van der Waals surface area contributed by atoms with Crippen LogP contribution in [0, 0.1) is 5.92 Å². The zero-order chi connectivity index (χ0) is 19.9. The highest BCUT2D eigenvalue weighted by Gasteiger charge is 2.30. The molecule has 0 radical (unpaired) electrons. The lowest BCUT2D eigenvalue weighted by atomic mass is 10.0. The number of rotatable bonds is 8. The van der Waals surface area contributed by atoms with Crippen molar-refractivity contribution in [3.8, 4) is 5.75 Å². The van der Waals surface area contributed by atoms with Crippen LogP contribution >= 0.6 is 11.6 Å². The molecule has 154 valence electrons. The molecule has 1 N–H and O–H groups in total. The van der Waals surface area contributed by atoms with E-state index >= 15 is 0 Å². The molecule has 28 heavy (non-hydrogen) atoms. The molecule has 1 aromatic rings. The first kappa shape index (κ1) is 21.1. The Hall–Kier alpha value is -1.59. The van der Waals surface area contributed by atoms with Gasteiger partial charge in [0.1, 0.15) is 6.10 Å². The van der Waals surface area contributed by atoms with Gasteiger partial charge in [-0.15, -0.1) is 0 Å². The molecule has 5 nitrogen and oxygen atoms in total. The molecule has 0 aromatic carbocycles. The van der Waals surface area contributed by atoms with Crippen LogP contribution in [0.15, 0.2) is 18.3 Å². The van der Waals surface area contributed by atoms with E-state index in [-0.39, 0.29) is 12.0 Å². The van der Waals surface area contributed by atoms with Crippen molar-refractivity contribution in [2.45, 2.75) is 64.0 Å². The fraction of sp³-hybridized carbons (Fsp3) is 0.636. The van der Waals surface area contributed by atoms with E-state index in [9.17, 15) is 4.79 Å². The van der Waals surface area contributed by atoms with E-state index in [0.717, 1.165) is 24.9 Å². The Labute approximate surface area is 173 Å². The number of likely N-dealkylation sites (tertiary alicyclic amines) is 1. The molecule has 2 heterocycles. The van der Waals surface area contributed by atoms with Crippen LogP contribution in [0.25, 0.3) is 6.08 Å². The summed E-state index contributed by atoms with van der Waals surface area (Å²) >= 11 is 6.24. The summed E-state index contributed by atoms with van der Waals surface area (Å²) in [6.07, 6.45) is 13.3. The van der Waals surface area contributed by atoms with Crippen molar-refractivity contribution in [3.05, 3.63) is 29.1 Å². The van der Waals surface area contributed by atoms with E-state index in [2.05, 4.69) is 23.3 Å². The number of carbonyl (C=O) groups excluding carboxylic acids is 1. The van der Waals surface area contributed by atoms with E-state index < -0.39 is 0 Å². The van der Waals surface area contributed by atoms with Gasteiger partial charge in [0.15, 0.2) is 10.9 Å². The SMILES string of the molecule is CN[C@@H](C)CC=Cc1cnc(Cl)c(O[C@H]2CCN(C(=O)CC3CCCC3)C2)c1. The number of ether oxygens (including phenoxy) is 1. The molecule has 0 bridgehead atoms. The molecular formula is C22H32ClN3O2. The summed E-state index contributed by atoms with van der Waals surface area (Å²) in [7, 11) is 1.96. The van der Waals surface area contributed by atoms with Crippen LogP contribution in [0.1, 0.15) is 57.4 Å². The van der Waals surface area contributed by atoms with Gasteiger partial charge in [0.2, 0.25) is 5.91 Å². The average molecular weight is 406 g/mol. The minimum Gasteiger partial charge on any atom is -0.485 e. The van der Waals surface area contributed by atoms with Crippen molar-refractivity contribution in [1.82, 2.24) is 15.2 Å². The van der Waals surface area contributed by atoms with Gasteiger partial charge in [0.05, 0.1) is 6.54 Å². The monoisotopic (exact) mass is 405 g/mol. The number of carbonyl (C=O) groups is 1. The average Bonchev–Trinajstić information content (AvgIpc) is 3.36. The second-order valence-electron chi connectivity index (χ2n) is 8.11. The van der Waals surface area contributed by atoms with Crippen molar-refractivity contribution < 1.29 is 9.53 Å². The molecule has 1 aliphatic heterocycles. The fourth-order valence-corrected chi connectivity index (χ4v) is 4.11. The Balaban J connectivity index is 1.53. The Morgan fingerprint density at radius 3 is 2.96 bits per heavy atom. The topological polar surface area (TPSA) is 54.5 Å². The van der Waals surface area contributed by atoms with Crippen LogP contribution in [0.4, 0.5) is 0 Å². The van der Waals surface area contributed by atoms with E-state index in [1.165, 1.54) is 25.7 Å². The first-order chi connectivity index (χ1) is 13.5. The molecule has 0 unspecified atom stereocenters. The van der Waals surface area contributed by atoms with Gasteiger partial charge in [-0.25, -0.2) is 4.98 Å². The van der Waals surface area contributed by atoms with Gasteiger partial charge in [0, 0.05) is 31.6 Å². The third-order valence-electron chi connectivity index (χ3n) is 5.85. The predicted molar refractivity (Wildman–Crippen MR) is 114 cm³/mol. The third kappa shape index (κ3) is 5.95. The Bertz CT molecular complexity index is 688. The molecule has 6 heteroatoms. The van der Waals surface area contributed by atoms with Gasteiger partial charge in [0.25, 0.3) is 0 Å². The Kier molecular flexibility index (Phi) is 7.74. The number of hydrogen-bond donors (Lipinski definition) is 1. The summed E-state index contributed by atoms with van der Waals surface area (Å²) in [5, 5.41) is 3.58. The summed E-state index contributed by atoms with van der Waals surface area (Å²) in [4.78, 5) is 18.7. The lowest BCUT2D eigenvalue weighted by Gasteiger charge is -2.19. The molecule has 1 aromatic heterocycles. The minimum atomic E-state index is -0.0182. The van der Waals surface area contributed by atoms with Crippen LogP contribution in [-0.2, 0) is 4.79 Å². The highest BCUT2D eigenvalue weighted by molar-refractivity contribution is 6.30. The van der Waals surface area contributed by atoms with E-state index in [0.29, 0.717) is 35.8 Å². The van der Waals surface area contributed by atoms with E-state index in [1.807, 2.05) is 24.1 Å². The van der Waals surface area contributed by atoms with Crippen LogP contribution in [-0.4, -0.2) is 48.1 Å². The first-order valence-electron chi connectivity index (χ1n) is 10.5. The lowest BCUT2D eigenvalue weighted by Crippen LogP contribution is -2.31. The highest BCUT2D eigenvalue weighted by atomic mass is 35.5. The molecule has 2 fully saturated rings. The molecule has 1 saturated heterocycles. The standard InChI is InChI=1S/C22H32ClN3O2/c1-16(24-2)6-5-9-18-12-20(22(23)25-14-18)28-19-10-11-26(15-19)21(27)13-17-7-3-4-8-17/h5,9,12,14,16-17,19,24H,3-4,6-8,10-11,13,15H2,1-2H3/t16-,19-/m0/s1. The summed E-state index contributed by atoms with van der Waals surface area (Å²) < 4.78 is 6.11. The van der Waals surface area contributed by atoms with Crippen LogP contribution in [0.2, 0.25) is 5.15 Å². The number of aromatic nitrogens is 1. The quantitative estimate of drug-likeness (QED) is 0.655. The summed E-state index contributed by atoms with van der Waals surface area (Å²) in [5.41, 5.74) is 0.967. The molecular weight excluding hydrogens is 374 g/mol. The van der Waals surface area contributed by atoms with Crippen LogP contribution < -0.4 is 10.1 Å². The van der Waals surface area contributed by atoms with Crippen LogP contribution in [0.5, 0.6) is 5.75 Å². The Morgan fingerprint density at radius 2 is 2.21 bits per heavy atom. The minimum absolute atomic E-state index is 0.0182. The van der Waals surface area contributed by atoms with Gasteiger partial charge < -0.3 is 15.0 Å². The largest absolute Gasteiger partial charge is 0.485 e. The molecule has 0 spiro atoms. The highest BCUT2D eigenvalue weighted by Crippen LogP contribution is 2.30. The van der Waals surface area contributed by atoms with E-state index in [1.54, 1.807) is 6.20 Å². The zero-order valence-corrected chi connectivity index (χ0v) is 17.8. The maximum absolute atomic E-state index is 12.5. The molecule has 2 aliphatic rings. The normalized spacial score (nSPS) is 21.5. The van der Waals surface area contributed by atoms with Gasteiger partial charge in [-0.2, -0.15) is 0 Å². The second-order valence-corrected chi connectivity index (χ2v) is 8.47. The van der Waals surface area contributed by atoms with E-state index in [4.69, 9.17) is 16.3 Å². The molecule has 3 rings (SSSR count). The van der Waals surface area contributed by atoms with Gasteiger partial charge in [-0.05, 0) is 50.8 Å². The smallest absolute Gasteiger partial charge is 0.222 e. The summed E-state index contributed by atoms with van der Waals surface area (Å²) in [5.74, 6) is 1.46. The summed E-state index contributed by atoms with van der Waals surface area (Å²) in [6, 6.07) is 2.36.